The molecule has 2 aliphatic rings. The molecule has 1 saturated heterocycles. The number of benzene rings is 2. The molecule has 9 heteroatoms. The predicted octanol–water partition coefficient (Wildman–Crippen LogP) is 4.33. The number of aromatic nitrogens is 2. The van der Waals surface area contributed by atoms with Crippen LogP contribution < -0.4 is 4.74 Å². The highest BCUT2D eigenvalue weighted by molar-refractivity contribution is 7.89. The van der Waals surface area contributed by atoms with Crippen LogP contribution in [0.15, 0.2) is 59.6 Å². The van der Waals surface area contributed by atoms with E-state index >= 15 is 0 Å². The molecule has 5 rings (SSSR count). The van der Waals surface area contributed by atoms with Crippen LogP contribution in [0.25, 0.3) is 5.69 Å². The Morgan fingerprint density at radius 2 is 1.78 bits per heavy atom. The first-order valence-corrected chi connectivity index (χ1v) is 14.5. The number of halogens is 1. The van der Waals surface area contributed by atoms with E-state index in [4.69, 9.17) is 9.84 Å². The number of fused-ring (bicyclic) bond motifs is 2. The molecular weight excluding hydrogens is 491 g/mol. The van der Waals surface area contributed by atoms with Crippen molar-refractivity contribution in [1.29, 1.82) is 0 Å². The van der Waals surface area contributed by atoms with Crippen molar-refractivity contribution in [2.45, 2.75) is 37.5 Å². The molecule has 198 valence electrons. The fraction of sp³-hybridized carbons (Fsp3) is 0.464. The van der Waals surface area contributed by atoms with Gasteiger partial charge in [-0.05, 0) is 91.9 Å². The van der Waals surface area contributed by atoms with Gasteiger partial charge < -0.3 is 9.64 Å². The molecule has 2 unspecified atom stereocenters. The number of piperidine rings is 1. The number of ether oxygens (including phenoxy) is 1. The van der Waals surface area contributed by atoms with Crippen molar-refractivity contribution in [2.75, 3.05) is 39.8 Å². The minimum Gasteiger partial charge on any atom is -0.497 e. The number of likely N-dealkylation sites (N-methyl/N-ethyl adjacent to an activating group) is 1. The molecule has 0 N–H and O–H groups in total. The lowest BCUT2D eigenvalue weighted by Gasteiger charge is -2.46. The Labute approximate surface area is 218 Å². The zero-order chi connectivity index (χ0) is 26.2. The summed E-state index contributed by atoms with van der Waals surface area (Å²) in [7, 11) is -2.04. The number of hydrogen-bond acceptors (Lipinski definition) is 5. The van der Waals surface area contributed by atoms with Crippen LogP contribution in [0.2, 0.25) is 0 Å². The van der Waals surface area contributed by atoms with E-state index in [9.17, 15) is 12.8 Å². The molecule has 0 spiro atoms. The number of rotatable bonds is 8. The monoisotopic (exact) mass is 526 g/mol. The van der Waals surface area contributed by atoms with E-state index in [1.165, 1.54) is 17.7 Å². The topological polar surface area (TPSA) is 67.7 Å². The van der Waals surface area contributed by atoms with Gasteiger partial charge in [-0.3, -0.25) is 0 Å². The van der Waals surface area contributed by atoms with Gasteiger partial charge in [-0.15, -0.1) is 0 Å². The summed E-state index contributed by atoms with van der Waals surface area (Å²) in [5.74, 6) is 1.08. The maximum absolute atomic E-state index is 13.6. The quantitative estimate of drug-likeness (QED) is 0.437. The average molecular weight is 527 g/mol. The van der Waals surface area contributed by atoms with Crippen LogP contribution >= 0.6 is 0 Å². The summed E-state index contributed by atoms with van der Waals surface area (Å²) in [6.07, 6.45) is 3.57. The number of nitrogens with zero attached hydrogens (tertiary/aromatic N) is 4. The normalized spacial score (nSPS) is 22.0. The SMILES string of the molecule is CCN(CC)C[C@@H]1c2cnn(-c3ccc(F)cc3)c2CC2CCN(S(=O)(=O)c3ccc(OC)cc3)CC21. The highest BCUT2D eigenvalue weighted by Gasteiger charge is 2.44. The van der Waals surface area contributed by atoms with Gasteiger partial charge in [0.2, 0.25) is 10.0 Å². The Balaban J connectivity index is 1.48. The number of sulfonamides is 1. The molecule has 0 bridgehead atoms. The minimum atomic E-state index is -3.61. The molecule has 1 aliphatic carbocycles. The van der Waals surface area contributed by atoms with Gasteiger partial charge in [0.05, 0.1) is 23.9 Å². The summed E-state index contributed by atoms with van der Waals surface area (Å²) in [6, 6.07) is 13.1. The standard InChI is InChI=1S/C28H35FN4O3S/c1-4-31(5-2)18-27-25-17-30-33(22-8-6-21(29)7-9-22)28(25)16-20-14-15-32(19-26(20)27)37(34,35)24-12-10-23(36-3)11-13-24/h6-13,17,20,26-27H,4-5,14-16,18-19H2,1-3H3/t20?,26?,27-/m1/s1. The summed E-state index contributed by atoms with van der Waals surface area (Å²) in [5, 5.41) is 4.73. The molecule has 3 atom stereocenters. The summed E-state index contributed by atoms with van der Waals surface area (Å²) >= 11 is 0. The van der Waals surface area contributed by atoms with E-state index < -0.39 is 10.0 Å². The zero-order valence-electron chi connectivity index (χ0n) is 21.7. The second-order valence-electron chi connectivity index (χ2n) is 9.98. The summed E-state index contributed by atoms with van der Waals surface area (Å²) in [5.41, 5.74) is 3.19. The third-order valence-electron chi connectivity index (χ3n) is 8.16. The lowest BCUT2D eigenvalue weighted by molar-refractivity contribution is 0.121. The second kappa shape index (κ2) is 10.6. The lowest BCUT2D eigenvalue weighted by atomic mass is 9.68. The van der Waals surface area contributed by atoms with Crippen LogP contribution in [0, 0.1) is 17.7 Å². The molecule has 37 heavy (non-hydrogen) atoms. The van der Waals surface area contributed by atoms with Crippen LogP contribution in [0.5, 0.6) is 5.75 Å². The molecule has 7 nitrogen and oxygen atoms in total. The van der Waals surface area contributed by atoms with Crippen LogP contribution in [0.4, 0.5) is 4.39 Å². The van der Waals surface area contributed by atoms with E-state index in [1.54, 1.807) is 47.8 Å². The Kier molecular flexibility index (Phi) is 7.38. The number of methoxy groups -OCH3 is 1. The van der Waals surface area contributed by atoms with Crippen molar-refractivity contribution >= 4 is 10.0 Å². The van der Waals surface area contributed by atoms with E-state index in [1.807, 2.05) is 10.9 Å². The molecule has 0 saturated carbocycles. The van der Waals surface area contributed by atoms with Gasteiger partial charge in [0.15, 0.2) is 0 Å². The third kappa shape index (κ3) is 4.92. The average Bonchev–Trinajstić information content (AvgIpc) is 3.35. The highest BCUT2D eigenvalue weighted by atomic mass is 32.2. The van der Waals surface area contributed by atoms with Crippen molar-refractivity contribution < 1.29 is 17.5 Å². The second-order valence-corrected chi connectivity index (χ2v) is 11.9. The minimum absolute atomic E-state index is 0.164. The predicted molar refractivity (Wildman–Crippen MR) is 141 cm³/mol. The van der Waals surface area contributed by atoms with Crippen molar-refractivity contribution in [3.05, 3.63) is 71.8 Å². The van der Waals surface area contributed by atoms with Crippen LogP contribution in [-0.4, -0.2) is 67.2 Å². The maximum Gasteiger partial charge on any atom is 0.243 e. The summed E-state index contributed by atoms with van der Waals surface area (Å²) in [4.78, 5) is 2.70. The summed E-state index contributed by atoms with van der Waals surface area (Å²) < 4.78 is 49.6. The Morgan fingerprint density at radius 1 is 1.08 bits per heavy atom. The van der Waals surface area contributed by atoms with Gasteiger partial charge in [-0.2, -0.15) is 9.40 Å². The van der Waals surface area contributed by atoms with Crippen LogP contribution in [-0.2, 0) is 16.4 Å². The molecule has 2 aromatic carbocycles. The Bertz CT molecular complexity index is 1320. The van der Waals surface area contributed by atoms with Gasteiger partial charge in [-0.25, -0.2) is 17.5 Å². The van der Waals surface area contributed by atoms with E-state index in [0.29, 0.717) is 29.7 Å². The van der Waals surface area contributed by atoms with Gasteiger partial charge in [0.1, 0.15) is 11.6 Å². The van der Waals surface area contributed by atoms with Crippen LogP contribution in [0.1, 0.15) is 37.4 Å². The number of hydrogen-bond donors (Lipinski definition) is 0. The van der Waals surface area contributed by atoms with Crippen LogP contribution in [0.3, 0.4) is 0 Å². The van der Waals surface area contributed by atoms with Gasteiger partial charge in [0.25, 0.3) is 0 Å². The van der Waals surface area contributed by atoms with Crippen molar-refractivity contribution in [1.82, 2.24) is 19.0 Å². The van der Waals surface area contributed by atoms with Crippen molar-refractivity contribution in [2.24, 2.45) is 11.8 Å². The maximum atomic E-state index is 13.6. The molecule has 1 aromatic heterocycles. The summed E-state index contributed by atoms with van der Waals surface area (Å²) in [6.45, 7) is 8.02. The fourth-order valence-electron chi connectivity index (χ4n) is 6.00. The zero-order valence-corrected chi connectivity index (χ0v) is 22.5. The van der Waals surface area contributed by atoms with E-state index in [-0.39, 0.29) is 17.7 Å². The highest BCUT2D eigenvalue weighted by Crippen LogP contribution is 2.45. The molecule has 1 aliphatic heterocycles. The van der Waals surface area contributed by atoms with Crippen molar-refractivity contribution in [3.8, 4) is 11.4 Å². The fourth-order valence-corrected chi connectivity index (χ4v) is 7.49. The van der Waals surface area contributed by atoms with Gasteiger partial charge in [-0.1, -0.05) is 13.8 Å². The van der Waals surface area contributed by atoms with E-state index in [0.717, 1.165) is 43.9 Å². The van der Waals surface area contributed by atoms with Crippen molar-refractivity contribution in [3.63, 3.8) is 0 Å². The van der Waals surface area contributed by atoms with E-state index in [2.05, 4.69) is 18.7 Å². The van der Waals surface area contributed by atoms with Gasteiger partial charge in [0, 0.05) is 31.2 Å². The first kappa shape index (κ1) is 25.9. The molecule has 1 fully saturated rings. The molecule has 0 amide bonds. The Hall–Kier alpha value is -2.75. The lowest BCUT2D eigenvalue weighted by Crippen LogP contribution is -2.49. The first-order valence-electron chi connectivity index (χ1n) is 13.0. The van der Waals surface area contributed by atoms with Gasteiger partial charge >= 0.3 is 0 Å². The first-order chi connectivity index (χ1) is 17.8. The molecule has 3 aromatic rings. The third-order valence-corrected chi connectivity index (χ3v) is 10.0. The molecular formula is C28H35FN4O3S. The smallest absolute Gasteiger partial charge is 0.243 e. The molecule has 0 radical (unpaired) electrons. The molecule has 2 heterocycles. The largest absolute Gasteiger partial charge is 0.497 e. The Morgan fingerprint density at radius 3 is 2.43 bits per heavy atom.